The van der Waals surface area contributed by atoms with Crippen molar-refractivity contribution in [2.45, 2.75) is 98.0 Å². The van der Waals surface area contributed by atoms with E-state index in [1.54, 1.807) is 13.8 Å². The van der Waals surface area contributed by atoms with E-state index in [-0.39, 0.29) is 49.9 Å². The Morgan fingerprint density at radius 3 is 1.67 bits per heavy atom. The highest BCUT2D eigenvalue weighted by molar-refractivity contribution is 5.95. The maximum Gasteiger partial charge on any atom is 0.409 e. The number of carbonyl (C=O) groups excluding carboxylic acids is 6. The number of esters is 1. The van der Waals surface area contributed by atoms with Crippen molar-refractivity contribution < 1.29 is 38.2 Å². The number of amides is 5. The Labute approximate surface area is 355 Å². The average molecular weight is 826 g/mol. The van der Waals surface area contributed by atoms with Crippen LogP contribution in [0.25, 0.3) is 11.1 Å². The number of nitrogens with one attached hydrogen (secondary N) is 2. The summed E-state index contributed by atoms with van der Waals surface area (Å²) in [4.78, 5) is 85.5. The second-order valence-corrected chi connectivity index (χ2v) is 17.0. The second kappa shape index (κ2) is 21.5. The molecule has 1 aliphatic rings. The Kier molecular flexibility index (Phi) is 16.8. The van der Waals surface area contributed by atoms with Crippen molar-refractivity contribution >= 4 is 35.7 Å². The summed E-state index contributed by atoms with van der Waals surface area (Å²) in [5.41, 5.74) is 5.16. The first-order chi connectivity index (χ1) is 28.4. The van der Waals surface area contributed by atoms with E-state index in [9.17, 15) is 28.8 Å². The van der Waals surface area contributed by atoms with Crippen LogP contribution in [-0.2, 0) is 40.1 Å². The molecule has 0 spiro atoms. The summed E-state index contributed by atoms with van der Waals surface area (Å²) in [6, 6.07) is 21.3. The molecule has 0 saturated carbocycles. The highest BCUT2D eigenvalue weighted by Gasteiger charge is 2.38. The Morgan fingerprint density at radius 2 is 1.13 bits per heavy atom. The van der Waals surface area contributed by atoms with E-state index in [1.165, 1.54) is 42.8 Å². The van der Waals surface area contributed by atoms with Gasteiger partial charge in [-0.1, -0.05) is 120 Å². The molecule has 0 unspecified atom stereocenters. The van der Waals surface area contributed by atoms with Gasteiger partial charge in [0.1, 0.15) is 43.9 Å². The lowest BCUT2D eigenvalue weighted by Gasteiger charge is -2.35. The molecule has 3 aromatic rings. The van der Waals surface area contributed by atoms with Gasteiger partial charge < -0.3 is 34.8 Å². The molecule has 60 heavy (non-hydrogen) atoms. The van der Waals surface area contributed by atoms with Crippen LogP contribution in [0, 0.1) is 17.8 Å². The molecule has 324 valence electrons. The van der Waals surface area contributed by atoms with Crippen LogP contribution in [0.1, 0.15) is 83.9 Å². The van der Waals surface area contributed by atoms with Crippen LogP contribution in [0.2, 0.25) is 0 Å². The predicted octanol–water partition coefficient (Wildman–Crippen LogP) is 6.00. The van der Waals surface area contributed by atoms with Crippen molar-refractivity contribution in [2.75, 3.05) is 34.3 Å². The molecule has 0 fully saturated rings. The summed E-state index contributed by atoms with van der Waals surface area (Å²) in [5.74, 6) is -3.19. The maximum absolute atomic E-state index is 14.2. The van der Waals surface area contributed by atoms with Gasteiger partial charge in [-0.2, -0.15) is 0 Å². The van der Waals surface area contributed by atoms with Crippen LogP contribution in [0.5, 0.6) is 0 Å². The summed E-state index contributed by atoms with van der Waals surface area (Å²) >= 11 is 0. The lowest BCUT2D eigenvalue weighted by atomic mass is 9.97. The molecule has 5 amide bonds. The number of rotatable bonds is 19. The first-order valence-corrected chi connectivity index (χ1v) is 20.8. The van der Waals surface area contributed by atoms with Crippen LogP contribution in [0.4, 0.5) is 4.79 Å². The highest BCUT2D eigenvalue weighted by atomic mass is 16.6. The fraction of sp³-hybridized carbons (Fsp3) is 0.489. The monoisotopic (exact) mass is 825 g/mol. The maximum atomic E-state index is 14.2. The number of hydrogen-bond donors (Lipinski definition) is 2. The van der Waals surface area contributed by atoms with Crippen LogP contribution < -0.4 is 10.6 Å². The van der Waals surface area contributed by atoms with Gasteiger partial charge in [-0.25, -0.2) is 9.59 Å². The van der Waals surface area contributed by atoms with Gasteiger partial charge in [0.15, 0.2) is 0 Å². The molecule has 13 nitrogen and oxygen atoms in total. The van der Waals surface area contributed by atoms with Crippen molar-refractivity contribution in [2.24, 2.45) is 17.8 Å². The number of ether oxygens (including phenoxy) is 2. The molecule has 0 radical (unpaired) electrons. The average Bonchev–Trinajstić information content (AvgIpc) is 3.54. The summed E-state index contributed by atoms with van der Waals surface area (Å²) < 4.78 is 11.2. The fourth-order valence-electron chi connectivity index (χ4n) is 7.39. The molecule has 13 heteroatoms. The zero-order valence-corrected chi connectivity index (χ0v) is 36.8. The van der Waals surface area contributed by atoms with E-state index in [4.69, 9.17) is 9.47 Å². The number of carbonyl (C=O) groups is 6. The summed E-state index contributed by atoms with van der Waals surface area (Å²) in [6.07, 6.45) is -0.0903. The van der Waals surface area contributed by atoms with E-state index in [0.717, 1.165) is 27.8 Å². The fourth-order valence-corrected chi connectivity index (χ4v) is 7.39. The number of benzene rings is 3. The number of hydrogen-bond acceptors (Lipinski definition) is 8. The predicted molar refractivity (Wildman–Crippen MR) is 230 cm³/mol. The molecular weight excluding hydrogens is 763 g/mol. The second-order valence-electron chi connectivity index (χ2n) is 17.0. The molecular formula is C47H63N5O8. The first-order valence-electron chi connectivity index (χ1n) is 20.8. The topological polar surface area (TPSA) is 155 Å². The zero-order chi connectivity index (χ0) is 44.3. The SMILES string of the molecule is CC(C)C[C@@H](C(=O)N[C@H](C(=O)N(C)[C@@H](CC(C)C)C(=O)N[C@@H](C)C(=O)OCc1ccccc1)C(C)C)N(C)C(=O)CN(C)C(=O)OCC1c2ccccc2-c2ccccc21. The third-order valence-electron chi connectivity index (χ3n) is 10.9. The van der Waals surface area contributed by atoms with Gasteiger partial charge in [-0.05, 0) is 65.3 Å². The minimum Gasteiger partial charge on any atom is -0.459 e. The van der Waals surface area contributed by atoms with E-state index in [2.05, 4.69) is 22.8 Å². The summed E-state index contributed by atoms with van der Waals surface area (Å²) in [7, 11) is 4.49. The molecule has 0 aromatic heterocycles. The van der Waals surface area contributed by atoms with Gasteiger partial charge in [0.05, 0.1) is 0 Å². The Balaban J connectivity index is 1.39. The molecule has 4 atom stereocenters. The van der Waals surface area contributed by atoms with Gasteiger partial charge in [-0.3, -0.25) is 19.2 Å². The normalized spacial score (nSPS) is 14.0. The van der Waals surface area contributed by atoms with Crippen molar-refractivity contribution in [3.63, 3.8) is 0 Å². The third kappa shape index (κ3) is 12.2. The lowest BCUT2D eigenvalue weighted by molar-refractivity contribution is -0.150. The number of fused-ring (bicyclic) bond motifs is 3. The molecule has 4 rings (SSSR count). The van der Waals surface area contributed by atoms with Gasteiger partial charge in [0.25, 0.3) is 0 Å². The van der Waals surface area contributed by atoms with Crippen LogP contribution in [-0.4, -0.2) is 109 Å². The van der Waals surface area contributed by atoms with Crippen molar-refractivity contribution in [1.29, 1.82) is 0 Å². The molecule has 0 saturated heterocycles. The highest BCUT2D eigenvalue weighted by Crippen LogP contribution is 2.44. The van der Waals surface area contributed by atoms with E-state index < -0.39 is 59.9 Å². The van der Waals surface area contributed by atoms with E-state index >= 15 is 0 Å². The lowest BCUT2D eigenvalue weighted by Crippen LogP contribution is -2.60. The zero-order valence-electron chi connectivity index (χ0n) is 36.8. The standard InChI is InChI=1S/C47H63N5O8/c1-29(2)24-39(51(9)41(53)26-50(8)47(58)60-28-38-36-22-16-14-20-34(36)35-21-15-17-23-37(35)38)44(55)49-42(31(5)6)45(56)52(10)40(25-30(3)4)43(54)48-32(7)46(57)59-27-33-18-12-11-13-19-33/h11-23,29-32,38-40,42H,24-28H2,1-10H3,(H,48,54)(H,49,55)/t32-,39-,40-,42-/m0/s1. The number of nitrogens with zero attached hydrogens (tertiary/aromatic N) is 3. The molecule has 1 aliphatic carbocycles. The molecule has 2 N–H and O–H groups in total. The van der Waals surface area contributed by atoms with Crippen LogP contribution >= 0.6 is 0 Å². The largest absolute Gasteiger partial charge is 0.459 e. The summed E-state index contributed by atoms with van der Waals surface area (Å²) in [6.45, 7) is 12.6. The van der Waals surface area contributed by atoms with E-state index in [1.807, 2.05) is 94.4 Å². The van der Waals surface area contributed by atoms with Crippen molar-refractivity contribution in [3.8, 4) is 11.1 Å². The Bertz CT molecular complexity index is 1920. The Morgan fingerprint density at radius 1 is 0.633 bits per heavy atom. The first kappa shape index (κ1) is 47.0. The minimum absolute atomic E-state index is 0.00470. The van der Waals surface area contributed by atoms with Gasteiger partial charge >= 0.3 is 12.1 Å². The minimum atomic E-state index is -1.04. The Hall–Kier alpha value is -5.72. The third-order valence-corrected chi connectivity index (χ3v) is 10.9. The van der Waals surface area contributed by atoms with Crippen LogP contribution in [0.15, 0.2) is 78.9 Å². The smallest absolute Gasteiger partial charge is 0.409 e. The quantitative estimate of drug-likeness (QED) is 0.140. The number of likely N-dealkylation sites (N-methyl/N-ethyl adjacent to an activating group) is 3. The van der Waals surface area contributed by atoms with Gasteiger partial charge in [-0.15, -0.1) is 0 Å². The summed E-state index contributed by atoms with van der Waals surface area (Å²) in [5, 5.41) is 5.60. The van der Waals surface area contributed by atoms with Crippen molar-refractivity contribution in [1.82, 2.24) is 25.3 Å². The molecule has 0 bridgehead atoms. The molecule has 0 aliphatic heterocycles. The van der Waals surface area contributed by atoms with Gasteiger partial charge in [0, 0.05) is 27.1 Å². The van der Waals surface area contributed by atoms with Crippen LogP contribution in [0.3, 0.4) is 0 Å². The van der Waals surface area contributed by atoms with Crippen molar-refractivity contribution in [3.05, 3.63) is 95.6 Å². The van der Waals surface area contributed by atoms with E-state index in [0.29, 0.717) is 6.42 Å². The molecule has 0 heterocycles. The van der Waals surface area contributed by atoms with Gasteiger partial charge in [0.2, 0.25) is 23.6 Å². The molecule has 3 aromatic carbocycles.